The Labute approximate surface area is 109 Å². The molecule has 0 bridgehead atoms. The van der Waals surface area contributed by atoms with Crippen molar-refractivity contribution in [3.8, 4) is 0 Å². The van der Waals surface area contributed by atoms with E-state index in [1.807, 2.05) is 13.0 Å². The van der Waals surface area contributed by atoms with E-state index >= 15 is 0 Å². The van der Waals surface area contributed by atoms with Crippen molar-refractivity contribution in [1.82, 2.24) is 15.1 Å². The van der Waals surface area contributed by atoms with Crippen LogP contribution in [0.5, 0.6) is 0 Å². The van der Waals surface area contributed by atoms with Crippen LogP contribution in [0.15, 0.2) is 12.3 Å². The minimum Gasteiger partial charge on any atom is -0.394 e. The summed E-state index contributed by atoms with van der Waals surface area (Å²) in [7, 11) is 0. The summed E-state index contributed by atoms with van der Waals surface area (Å²) in [4.78, 5) is 0. The second-order valence-electron chi connectivity index (χ2n) is 5.92. The Morgan fingerprint density at radius 2 is 2.39 bits per heavy atom. The number of rotatable bonds is 4. The van der Waals surface area contributed by atoms with E-state index in [4.69, 9.17) is 0 Å². The van der Waals surface area contributed by atoms with E-state index < -0.39 is 0 Å². The lowest BCUT2D eigenvalue weighted by molar-refractivity contribution is 0.0872. The van der Waals surface area contributed by atoms with Crippen LogP contribution >= 0.6 is 0 Å². The molecule has 1 aliphatic rings. The zero-order valence-electron chi connectivity index (χ0n) is 11.7. The summed E-state index contributed by atoms with van der Waals surface area (Å²) in [6.45, 7) is 6.51. The van der Waals surface area contributed by atoms with Gasteiger partial charge in [-0.25, -0.2) is 0 Å². The summed E-state index contributed by atoms with van der Waals surface area (Å²) < 4.78 is 2.07. The molecule has 0 aromatic carbocycles. The molecule has 0 saturated heterocycles. The molecule has 1 aromatic heterocycles. The van der Waals surface area contributed by atoms with Gasteiger partial charge in [-0.2, -0.15) is 5.10 Å². The monoisotopic (exact) mass is 251 g/mol. The van der Waals surface area contributed by atoms with Gasteiger partial charge in [-0.3, -0.25) is 4.68 Å². The van der Waals surface area contributed by atoms with E-state index in [1.165, 1.54) is 0 Å². The number of nitrogens with one attached hydrogen (secondary N) is 1. The molecule has 18 heavy (non-hydrogen) atoms. The lowest BCUT2D eigenvalue weighted by Crippen LogP contribution is -2.54. The highest BCUT2D eigenvalue weighted by Crippen LogP contribution is 2.35. The highest BCUT2D eigenvalue weighted by molar-refractivity contribution is 5.00. The van der Waals surface area contributed by atoms with Crippen LogP contribution < -0.4 is 5.32 Å². The number of aliphatic hydroxyl groups excluding tert-OH is 1. The molecule has 4 nitrogen and oxygen atoms in total. The van der Waals surface area contributed by atoms with Crippen molar-refractivity contribution in [1.29, 1.82) is 0 Å². The molecule has 102 valence electrons. The summed E-state index contributed by atoms with van der Waals surface area (Å²) in [6, 6.07) is 2.85. The average Bonchev–Trinajstić information content (AvgIpc) is 2.75. The molecule has 0 radical (unpaired) electrons. The van der Waals surface area contributed by atoms with Crippen molar-refractivity contribution in [2.24, 2.45) is 0 Å². The molecule has 2 atom stereocenters. The molecule has 1 aliphatic carbocycles. The van der Waals surface area contributed by atoms with Crippen LogP contribution in [0.4, 0.5) is 0 Å². The Morgan fingerprint density at radius 1 is 1.61 bits per heavy atom. The molecule has 4 heteroatoms. The number of aromatic nitrogens is 2. The quantitative estimate of drug-likeness (QED) is 0.861. The molecule has 2 N–H and O–H groups in total. The molecular weight excluding hydrogens is 226 g/mol. The maximum Gasteiger partial charge on any atom is 0.0614 e. The number of hydrogen-bond acceptors (Lipinski definition) is 3. The second kappa shape index (κ2) is 5.41. The smallest absolute Gasteiger partial charge is 0.0614 e. The van der Waals surface area contributed by atoms with E-state index in [0.717, 1.165) is 31.4 Å². The van der Waals surface area contributed by atoms with Crippen molar-refractivity contribution in [3.05, 3.63) is 18.0 Å². The summed E-state index contributed by atoms with van der Waals surface area (Å²) in [5.74, 6) is 0. The van der Waals surface area contributed by atoms with Crippen LogP contribution in [0.2, 0.25) is 0 Å². The molecule has 0 aliphatic heterocycles. The molecule has 1 aromatic rings. The fourth-order valence-corrected chi connectivity index (χ4v) is 3.13. The summed E-state index contributed by atoms with van der Waals surface area (Å²) >= 11 is 0. The standard InChI is InChI=1S/C14H25N3O/c1-11(2)15-14(10-18)7-4-5-13(9-14)17-8-6-12(3)16-17/h6,8,11,13,15,18H,4-5,7,9-10H2,1-3H3. The zero-order valence-corrected chi connectivity index (χ0v) is 11.7. The van der Waals surface area contributed by atoms with Crippen molar-refractivity contribution in [2.75, 3.05) is 6.61 Å². The van der Waals surface area contributed by atoms with Crippen molar-refractivity contribution in [3.63, 3.8) is 0 Å². The topological polar surface area (TPSA) is 50.1 Å². The molecule has 2 rings (SSSR count). The van der Waals surface area contributed by atoms with Crippen LogP contribution in [-0.4, -0.2) is 33.1 Å². The highest BCUT2D eigenvalue weighted by atomic mass is 16.3. The fourth-order valence-electron chi connectivity index (χ4n) is 3.13. The number of nitrogens with zero attached hydrogens (tertiary/aromatic N) is 2. The Balaban J connectivity index is 2.11. The van der Waals surface area contributed by atoms with Gasteiger partial charge in [0.05, 0.1) is 18.3 Å². The summed E-state index contributed by atoms with van der Waals surface area (Å²) in [5, 5.41) is 17.8. The predicted octanol–water partition coefficient (Wildman–Crippen LogP) is 2.04. The van der Waals surface area contributed by atoms with Crippen LogP contribution in [0, 0.1) is 6.92 Å². The third-order valence-electron chi connectivity index (χ3n) is 3.83. The minimum atomic E-state index is -0.128. The molecule has 2 unspecified atom stereocenters. The van der Waals surface area contributed by atoms with Crippen LogP contribution in [0.25, 0.3) is 0 Å². The van der Waals surface area contributed by atoms with Crippen molar-refractivity contribution >= 4 is 0 Å². The first-order valence-corrected chi connectivity index (χ1v) is 6.95. The third-order valence-corrected chi connectivity index (χ3v) is 3.83. The number of aliphatic hydroxyl groups is 1. The molecule has 1 fully saturated rings. The normalized spacial score (nSPS) is 28.8. The van der Waals surface area contributed by atoms with Gasteiger partial charge in [0.25, 0.3) is 0 Å². The predicted molar refractivity (Wildman–Crippen MR) is 72.6 cm³/mol. The van der Waals surface area contributed by atoms with Gasteiger partial charge in [0.15, 0.2) is 0 Å². The highest BCUT2D eigenvalue weighted by Gasteiger charge is 2.36. The molecular formula is C14H25N3O. The maximum atomic E-state index is 9.77. The van der Waals surface area contributed by atoms with Gasteiger partial charge in [-0.1, -0.05) is 13.8 Å². The van der Waals surface area contributed by atoms with Gasteiger partial charge in [-0.05, 0) is 38.7 Å². The van der Waals surface area contributed by atoms with Gasteiger partial charge >= 0.3 is 0 Å². The number of aryl methyl sites for hydroxylation is 1. The van der Waals surface area contributed by atoms with Gasteiger partial charge < -0.3 is 10.4 Å². The fraction of sp³-hybridized carbons (Fsp3) is 0.786. The first-order chi connectivity index (χ1) is 8.54. The molecule has 0 amide bonds. The Hall–Kier alpha value is -0.870. The van der Waals surface area contributed by atoms with E-state index in [1.54, 1.807) is 0 Å². The lowest BCUT2D eigenvalue weighted by atomic mass is 9.79. The average molecular weight is 251 g/mol. The largest absolute Gasteiger partial charge is 0.394 e. The lowest BCUT2D eigenvalue weighted by Gasteiger charge is -2.41. The van der Waals surface area contributed by atoms with Crippen molar-refractivity contribution < 1.29 is 5.11 Å². The maximum absolute atomic E-state index is 9.77. The van der Waals surface area contributed by atoms with Crippen LogP contribution in [0.3, 0.4) is 0 Å². The van der Waals surface area contributed by atoms with Gasteiger partial charge in [0.2, 0.25) is 0 Å². The van der Waals surface area contributed by atoms with Crippen LogP contribution in [0.1, 0.15) is 51.3 Å². The Bertz CT molecular complexity index is 388. The zero-order chi connectivity index (χ0) is 13.2. The van der Waals surface area contributed by atoms with E-state index in [0.29, 0.717) is 12.1 Å². The summed E-state index contributed by atoms with van der Waals surface area (Å²) in [5.41, 5.74) is 0.934. The summed E-state index contributed by atoms with van der Waals surface area (Å²) in [6.07, 6.45) is 6.37. The van der Waals surface area contributed by atoms with E-state index in [2.05, 4.69) is 35.1 Å². The van der Waals surface area contributed by atoms with Crippen molar-refractivity contribution in [2.45, 2.75) is 64.1 Å². The number of hydrogen-bond donors (Lipinski definition) is 2. The van der Waals surface area contributed by atoms with Crippen LogP contribution in [-0.2, 0) is 0 Å². The van der Waals surface area contributed by atoms with Gasteiger partial charge in [0, 0.05) is 17.8 Å². The first-order valence-electron chi connectivity index (χ1n) is 6.95. The van der Waals surface area contributed by atoms with E-state index in [9.17, 15) is 5.11 Å². The molecule has 1 heterocycles. The Kier molecular flexibility index (Phi) is 4.07. The first kappa shape index (κ1) is 13.6. The van der Waals surface area contributed by atoms with Gasteiger partial charge in [0.1, 0.15) is 0 Å². The second-order valence-corrected chi connectivity index (χ2v) is 5.92. The molecule has 0 spiro atoms. The SMILES string of the molecule is Cc1ccn(C2CCCC(CO)(NC(C)C)C2)n1. The van der Waals surface area contributed by atoms with Gasteiger partial charge in [-0.15, -0.1) is 0 Å². The Morgan fingerprint density at radius 3 is 2.94 bits per heavy atom. The minimum absolute atomic E-state index is 0.128. The molecule has 1 saturated carbocycles. The third kappa shape index (κ3) is 2.93. The van der Waals surface area contributed by atoms with E-state index in [-0.39, 0.29) is 12.1 Å².